The highest BCUT2D eigenvalue weighted by molar-refractivity contribution is 7.90. The van der Waals surface area contributed by atoms with Crippen molar-refractivity contribution in [3.63, 3.8) is 0 Å². The summed E-state index contributed by atoms with van der Waals surface area (Å²) in [5.41, 5.74) is 1.55. The molecule has 0 spiro atoms. The first-order valence-corrected chi connectivity index (χ1v) is 13.8. The van der Waals surface area contributed by atoms with E-state index >= 15 is 0 Å². The number of carbonyl (C=O) groups excluding carboxylic acids is 2. The fourth-order valence-corrected chi connectivity index (χ4v) is 6.57. The molecule has 1 saturated carbocycles. The van der Waals surface area contributed by atoms with Crippen molar-refractivity contribution < 1.29 is 27.9 Å². The van der Waals surface area contributed by atoms with Gasteiger partial charge in [0.15, 0.2) is 0 Å². The Kier molecular flexibility index (Phi) is 5.31. The average Bonchev–Trinajstić information content (AvgIpc) is 3.39. The van der Waals surface area contributed by atoms with E-state index in [1.165, 1.54) is 25.3 Å². The predicted molar refractivity (Wildman–Crippen MR) is 141 cm³/mol. The van der Waals surface area contributed by atoms with E-state index in [0.717, 1.165) is 45.5 Å². The van der Waals surface area contributed by atoms with Crippen LogP contribution >= 0.6 is 0 Å². The van der Waals surface area contributed by atoms with Crippen molar-refractivity contribution in [1.29, 1.82) is 0 Å². The Morgan fingerprint density at radius 3 is 2.18 bits per heavy atom. The Morgan fingerprint density at radius 1 is 0.947 bits per heavy atom. The smallest absolute Gasteiger partial charge is 0.415 e. The van der Waals surface area contributed by atoms with Gasteiger partial charge < -0.3 is 9.84 Å². The number of cyclic esters (lactones) is 1. The zero-order chi connectivity index (χ0) is 26.9. The fourth-order valence-electron chi connectivity index (χ4n) is 5.20. The van der Waals surface area contributed by atoms with Gasteiger partial charge in [0.25, 0.3) is 15.9 Å². The predicted octanol–water partition coefficient (Wildman–Crippen LogP) is 4.71. The third-order valence-electron chi connectivity index (χ3n) is 7.74. The molecular weight excluding hydrogens is 504 g/mol. The molecule has 4 aromatic rings. The molecule has 0 radical (unpaired) electrons. The Labute approximate surface area is 219 Å². The Morgan fingerprint density at radius 2 is 1.61 bits per heavy atom. The molecular formula is C29H26N2O6S. The molecule has 1 aliphatic carbocycles. The van der Waals surface area contributed by atoms with Crippen LogP contribution in [0.15, 0.2) is 77.8 Å². The summed E-state index contributed by atoms with van der Waals surface area (Å²) >= 11 is 0. The number of benzene rings is 3. The minimum absolute atomic E-state index is 0.0955. The number of ether oxygens (including phenoxy) is 1. The van der Waals surface area contributed by atoms with Gasteiger partial charge in [-0.1, -0.05) is 48.0 Å². The number of nitrogens with one attached hydrogen (secondary N) is 1. The monoisotopic (exact) mass is 530 g/mol. The zero-order valence-corrected chi connectivity index (χ0v) is 21.7. The third kappa shape index (κ3) is 3.65. The fraction of sp³-hybridized carbons (Fsp3) is 0.241. The van der Waals surface area contributed by atoms with Crippen molar-refractivity contribution >= 4 is 32.9 Å². The van der Waals surface area contributed by atoms with Crippen LogP contribution in [-0.4, -0.2) is 29.5 Å². The molecule has 194 valence electrons. The number of rotatable bonds is 5. The zero-order valence-electron chi connectivity index (χ0n) is 20.9. The number of hydrogen-bond donors (Lipinski definition) is 2. The number of aryl methyl sites for hydroxylation is 1. The highest BCUT2D eigenvalue weighted by Gasteiger charge is 2.48. The minimum atomic E-state index is -4.03. The van der Waals surface area contributed by atoms with Crippen molar-refractivity contribution in [3.05, 3.63) is 89.6 Å². The summed E-state index contributed by atoms with van der Waals surface area (Å²) in [4.78, 5) is 24.9. The van der Waals surface area contributed by atoms with Gasteiger partial charge in [-0.15, -0.1) is 0 Å². The summed E-state index contributed by atoms with van der Waals surface area (Å²) in [5.74, 6) is -0.669. The third-order valence-corrected chi connectivity index (χ3v) is 9.43. The number of imide groups is 1. The second-order valence-electron chi connectivity index (χ2n) is 10.2. The van der Waals surface area contributed by atoms with Crippen LogP contribution in [0.2, 0.25) is 0 Å². The molecule has 6 rings (SSSR count). The second kappa shape index (κ2) is 8.28. The molecule has 1 aromatic heterocycles. The first-order chi connectivity index (χ1) is 18.0. The van der Waals surface area contributed by atoms with Crippen LogP contribution < -0.4 is 5.32 Å². The minimum Gasteiger partial charge on any atom is -0.428 e. The molecule has 2 aliphatic rings. The molecule has 38 heavy (non-hydrogen) atoms. The van der Waals surface area contributed by atoms with Crippen LogP contribution in [0.3, 0.4) is 0 Å². The SMILES string of the molecule is Cc1ccc(S(=O)(=O)n2cc(C3(C)OC(=O)NC3=O)c3cc(-c4ccc(C5(O)CCC5)cc4)ccc32)cc1. The summed E-state index contributed by atoms with van der Waals surface area (Å²) in [6.45, 7) is 3.32. The lowest BCUT2D eigenvalue weighted by atomic mass is 9.75. The summed E-state index contributed by atoms with van der Waals surface area (Å²) < 4.78 is 33.9. The lowest BCUT2D eigenvalue weighted by Gasteiger charge is -2.37. The van der Waals surface area contributed by atoms with Gasteiger partial charge in [0.2, 0.25) is 5.60 Å². The number of carbonyl (C=O) groups is 2. The van der Waals surface area contributed by atoms with E-state index in [1.807, 2.05) is 37.3 Å². The first kappa shape index (κ1) is 24.4. The molecule has 2 fully saturated rings. The molecule has 1 saturated heterocycles. The van der Waals surface area contributed by atoms with Crippen molar-refractivity contribution in [3.8, 4) is 11.1 Å². The second-order valence-corrected chi connectivity index (χ2v) is 12.0. The van der Waals surface area contributed by atoms with Crippen LogP contribution in [0.4, 0.5) is 4.79 Å². The number of hydrogen-bond acceptors (Lipinski definition) is 6. The first-order valence-electron chi connectivity index (χ1n) is 12.4. The van der Waals surface area contributed by atoms with Crippen molar-refractivity contribution in [2.75, 3.05) is 0 Å². The lowest BCUT2D eigenvalue weighted by molar-refractivity contribution is -0.130. The highest BCUT2D eigenvalue weighted by atomic mass is 32.2. The molecule has 9 heteroatoms. The lowest BCUT2D eigenvalue weighted by Crippen LogP contribution is -2.33. The quantitative estimate of drug-likeness (QED) is 0.386. The van der Waals surface area contributed by atoms with Crippen LogP contribution in [0.25, 0.3) is 22.0 Å². The molecule has 2 N–H and O–H groups in total. The van der Waals surface area contributed by atoms with E-state index in [4.69, 9.17) is 4.74 Å². The molecule has 3 aromatic carbocycles. The van der Waals surface area contributed by atoms with Gasteiger partial charge in [0.05, 0.1) is 16.0 Å². The normalized spacial score (nSPS) is 20.7. The van der Waals surface area contributed by atoms with Crippen LogP contribution in [0, 0.1) is 6.92 Å². The standard InChI is InChI=1S/C29H26N2O6S/c1-18-4-11-22(12-5-18)38(35,36)31-17-24(28(2)26(32)30-27(33)37-28)23-16-20(8-13-25(23)31)19-6-9-21(10-7-19)29(34)14-3-15-29/h4-13,16-17,34H,3,14-15H2,1-2H3,(H,30,32,33). The molecule has 2 amide bonds. The largest absolute Gasteiger partial charge is 0.428 e. The van der Waals surface area contributed by atoms with E-state index in [-0.39, 0.29) is 10.5 Å². The number of aliphatic hydroxyl groups is 1. The number of alkyl carbamates (subject to hydrolysis) is 1. The average molecular weight is 531 g/mol. The number of fused-ring (bicyclic) bond motifs is 1. The van der Waals surface area contributed by atoms with Crippen LogP contribution in [0.1, 0.15) is 42.9 Å². The molecule has 1 atom stereocenters. The van der Waals surface area contributed by atoms with Crippen molar-refractivity contribution in [1.82, 2.24) is 9.29 Å². The van der Waals surface area contributed by atoms with E-state index in [0.29, 0.717) is 10.9 Å². The summed E-state index contributed by atoms with van der Waals surface area (Å²) in [6.07, 6.45) is 2.95. The maximum Gasteiger partial charge on any atom is 0.415 e. The van der Waals surface area contributed by atoms with Gasteiger partial charge in [0.1, 0.15) is 0 Å². The Hall–Kier alpha value is -3.95. The van der Waals surface area contributed by atoms with E-state index in [1.54, 1.807) is 24.3 Å². The maximum atomic E-state index is 13.7. The summed E-state index contributed by atoms with van der Waals surface area (Å²) in [7, 11) is -4.03. The number of amides is 2. The Bertz CT molecular complexity index is 1720. The van der Waals surface area contributed by atoms with Gasteiger partial charge in [0, 0.05) is 17.1 Å². The van der Waals surface area contributed by atoms with Gasteiger partial charge in [-0.2, -0.15) is 0 Å². The number of nitrogens with zero attached hydrogens (tertiary/aromatic N) is 1. The molecule has 1 aliphatic heterocycles. The summed E-state index contributed by atoms with van der Waals surface area (Å²) in [6, 6.07) is 19.4. The van der Waals surface area contributed by atoms with Gasteiger partial charge >= 0.3 is 6.09 Å². The summed E-state index contributed by atoms with van der Waals surface area (Å²) in [5, 5.41) is 13.3. The molecule has 1 unspecified atom stereocenters. The Balaban J connectivity index is 1.52. The van der Waals surface area contributed by atoms with E-state index < -0.39 is 33.2 Å². The van der Waals surface area contributed by atoms with Crippen molar-refractivity contribution in [2.24, 2.45) is 0 Å². The van der Waals surface area contributed by atoms with Gasteiger partial charge in [-0.25, -0.2) is 17.2 Å². The van der Waals surface area contributed by atoms with E-state index in [9.17, 15) is 23.1 Å². The molecule has 2 heterocycles. The molecule has 0 bridgehead atoms. The van der Waals surface area contributed by atoms with Gasteiger partial charge in [-0.05, 0) is 74.1 Å². The van der Waals surface area contributed by atoms with E-state index in [2.05, 4.69) is 5.32 Å². The topological polar surface area (TPSA) is 115 Å². The van der Waals surface area contributed by atoms with Gasteiger partial charge in [-0.3, -0.25) is 10.1 Å². The number of aromatic nitrogens is 1. The van der Waals surface area contributed by atoms with Crippen LogP contribution in [0.5, 0.6) is 0 Å². The van der Waals surface area contributed by atoms with Crippen LogP contribution in [-0.2, 0) is 30.8 Å². The van der Waals surface area contributed by atoms with Crippen molar-refractivity contribution in [2.45, 2.75) is 49.2 Å². The highest BCUT2D eigenvalue weighted by Crippen LogP contribution is 2.42. The molecule has 8 nitrogen and oxygen atoms in total. The maximum absolute atomic E-state index is 13.7.